The second-order valence-corrected chi connectivity index (χ2v) is 7.28. The maximum absolute atomic E-state index is 11.1. The summed E-state index contributed by atoms with van der Waals surface area (Å²) in [5, 5.41) is 0. The highest BCUT2D eigenvalue weighted by Crippen LogP contribution is 2.18. The molecule has 5 heteroatoms. The normalized spacial score (nSPS) is 11.8. The first kappa shape index (κ1) is 18.5. The van der Waals surface area contributed by atoms with Crippen molar-refractivity contribution in [3.8, 4) is 0 Å². The van der Waals surface area contributed by atoms with Gasteiger partial charge in [0.05, 0.1) is 4.90 Å². The predicted molar refractivity (Wildman–Crippen MR) is 87.7 cm³/mol. The van der Waals surface area contributed by atoms with Gasteiger partial charge in [0.25, 0.3) is 10.1 Å². The van der Waals surface area contributed by atoms with Crippen molar-refractivity contribution in [2.45, 2.75) is 63.2 Å². The summed E-state index contributed by atoms with van der Waals surface area (Å²) in [5.74, 6) is 0.753. The molecular weight excluding hydrogens is 308 g/mol. The molecule has 0 radical (unpaired) electrons. The zero-order valence-corrected chi connectivity index (χ0v) is 14.2. The van der Waals surface area contributed by atoms with E-state index in [4.69, 9.17) is 16.2 Å². The van der Waals surface area contributed by atoms with Gasteiger partial charge in [0.15, 0.2) is 0 Å². The molecular formula is C16H25ClO3S. The lowest BCUT2D eigenvalue weighted by Gasteiger charge is -2.08. The Morgan fingerprint density at radius 3 is 2.14 bits per heavy atom. The van der Waals surface area contributed by atoms with Gasteiger partial charge in [0.2, 0.25) is 0 Å². The Morgan fingerprint density at radius 2 is 1.57 bits per heavy atom. The van der Waals surface area contributed by atoms with Gasteiger partial charge in [0.1, 0.15) is 0 Å². The highest BCUT2D eigenvalue weighted by molar-refractivity contribution is 7.85. The van der Waals surface area contributed by atoms with E-state index in [1.54, 1.807) is 12.1 Å². The second kappa shape index (κ2) is 9.44. The fraction of sp³-hybridized carbons (Fsp3) is 0.625. The van der Waals surface area contributed by atoms with E-state index in [0.29, 0.717) is 0 Å². The molecule has 21 heavy (non-hydrogen) atoms. The molecule has 0 aliphatic rings. The van der Waals surface area contributed by atoms with E-state index < -0.39 is 10.1 Å². The standard InChI is InChI=1S/C16H25ClO3S/c1-14-10-11-16(21(18,19)20)13-15(14)9-7-5-3-2-4-6-8-12-17/h10-11,13H,2-9,12H2,1H3,(H,18,19,20). The molecule has 0 saturated carbocycles. The molecule has 3 nitrogen and oxygen atoms in total. The first-order chi connectivity index (χ1) is 9.95. The Morgan fingerprint density at radius 1 is 1.00 bits per heavy atom. The first-order valence-electron chi connectivity index (χ1n) is 7.58. The zero-order valence-electron chi connectivity index (χ0n) is 12.6. The van der Waals surface area contributed by atoms with Crippen molar-refractivity contribution in [1.29, 1.82) is 0 Å². The molecule has 0 fully saturated rings. The lowest BCUT2D eigenvalue weighted by Crippen LogP contribution is -2.00. The van der Waals surface area contributed by atoms with Gasteiger partial charge in [-0.2, -0.15) is 8.42 Å². The van der Waals surface area contributed by atoms with Crippen LogP contribution in [0.5, 0.6) is 0 Å². The third-order valence-corrected chi connectivity index (χ3v) is 4.82. The maximum Gasteiger partial charge on any atom is 0.294 e. The van der Waals surface area contributed by atoms with Crippen LogP contribution >= 0.6 is 11.6 Å². The van der Waals surface area contributed by atoms with Gasteiger partial charge in [-0.15, -0.1) is 11.6 Å². The lowest BCUT2D eigenvalue weighted by molar-refractivity contribution is 0.483. The minimum Gasteiger partial charge on any atom is -0.282 e. The number of hydrogen-bond donors (Lipinski definition) is 1. The molecule has 0 aliphatic heterocycles. The van der Waals surface area contributed by atoms with Crippen LogP contribution in [0.2, 0.25) is 0 Å². The van der Waals surface area contributed by atoms with Crippen molar-refractivity contribution in [3.05, 3.63) is 29.3 Å². The molecule has 1 rings (SSSR count). The van der Waals surface area contributed by atoms with Crippen LogP contribution in [0.25, 0.3) is 0 Å². The van der Waals surface area contributed by atoms with Gasteiger partial charge < -0.3 is 0 Å². The molecule has 0 unspecified atom stereocenters. The summed E-state index contributed by atoms with van der Waals surface area (Å²) in [6.45, 7) is 1.97. The fourth-order valence-electron chi connectivity index (χ4n) is 2.37. The van der Waals surface area contributed by atoms with Crippen LogP contribution in [0, 0.1) is 6.92 Å². The fourth-order valence-corrected chi connectivity index (χ4v) is 3.09. The molecule has 0 heterocycles. The summed E-state index contributed by atoms with van der Waals surface area (Å²) in [7, 11) is -4.10. The molecule has 0 aliphatic carbocycles. The van der Waals surface area contributed by atoms with E-state index in [-0.39, 0.29) is 4.90 Å². The summed E-state index contributed by atoms with van der Waals surface area (Å²) in [6.07, 6.45) is 9.05. The number of benzene rings is 1. The van der Waals surface area contributed by atoms with Crippen LogP contribution < -0.4 is 0 Å². The Bertz CT molecular complexity index is 526. The van der Waals surface area contributed by atoms with Crippen molar-refractivity contribution in [1.82, 2.24) is 0 Å². The van der Waals surface area contributed by atoms with Gasteiger partial charge >= 0.3 is 0 Å². The molecule has 1 N–H and O–H groups in total. The van der Waals surface area contributed by atoms with Gasteiger partial charge in [0, 0.05) is 5.88 Å². The number of hydrogen-bond acceptors (Lipinski definition) is 2. The number of aryl methyl sites for hydroxylation is 2. The smallest absolute Gasteiger partial charge is 0.282 e. The third-order valence-electron chi connectivity index (χ3n) is 3.70. The van der Waals surface area contributed by atoms with E-state index in [2.05, 4.69) is 0 Å². The van der Waals surface area contributed by atoms with Crippen molar-refractivity contribution >= 4 is 21.7 Å². The predicted octanol–water partition coefficient (Wildman–Crippen LogP) is 4.75. The monoisotopic (exact) mass is 332 g/mol. The molecule has 120 valence electrons. The molecule has 0 amide bonds. The molecule has 0 aromatic heterocycles. The van der Waals surface area contributed by atoms with Crippen LogP contribution in [0.15, 0.2) is 23.1 Å². The average Bonchev–Trinajstić information content (AvgIpc) is 2.42. The summed E-state index contributed by atoms with van der Waals surface area (Å²) >= 11 is 5.63. The Labute approximate surface area is 133 Å². The van der Waals surface area contributed by atoms with E-state index in [1.807, 2.05) is 6.92 Å². The van der Waals surface area contributed by atoms with E-state index in [0.717, 1.165) is 42.7 Å². The van der Waals surface area contributed by atoms with Crippen LogP contribution in [0.4, 0.5) is 0 Å². The summed E-state index contributed by atoms with van der Waals surface area (Å²) < 4.78 is 31.4. The largest absolute Gasteiger partial charge is 0.294 e. The van der Waals surface area contributed by atoms with Crippen molar-refractivity contribution in [2.24, 2.45) is 0 Å². The molecule has 0 saturated heterocycles. The van der Waals surface area contributed by atoms with E-state index >= 15 is 0 Å². The Hall–Kier alpha value is -0.580. The van der Waals surface area contributed by atoms with E-state index in [9.17, 15) is 8.42 Å². The minimum absolute atomic E-state index is 0.0100. The van der Waals surface area contributed by atoms with Gasteiger partial charge in [-0.1, -0.05) is 38.2 Å². The molecule has 1 aromatic carbocycles. The highest BCUT2D eigenvalue weighted by Gasteiger charge is 2.11. The van der Waals surface area contributed by atoms with Crippen molar-refractivity contribution < 1.29 is 13.0 Å². The average molecular weight is 333 g/mol. The highest BCUT2D eigenvalue weighted by atomic mass is 35.5. The lowest BCUT2D eigenvalue weighted by atomic mass is 10.0. The first-order valence-corrected chi connectivity index (χ1v) is 9.55. The molecule has 1 aromatic rings. The van der Waals surface area contributed by atoms with Crippen LogP contribution in [-0.2, 0) is 16.5 Å². The Kier molecular flexibility index (Phi) is 8.30. The third kappa shape index (κ3) is 7.30. The molecule has 0 atom stereocenters. The summed E-state index contributed by atoms with van der Waals surface area (Å²) in [5.41, 5.74) is 2.08. The number of rotatable bonds is 10. The quantitative estimate of drug-likeness (QED) is 0.382. The Balaban J connectivity index is 2.35. The maximum atomic E-state index is 11.1. The van der Waals surface area contributed by atoms with Crippen molar-refractivity contribution in [3.63, 3.8) is 0 Å². The number of unbranched alkanes of at least 4 members (excludes halogenated alkanes) is 6. The van der Waals surface area contributed by atoms with Gasteiger partial charge in [-0.3, -0.25) is 4.55 Å². The topological polar surface area (TPSA) is 54.4 Å². The van der Waals surface area contributed by atoms with Gasteiger partial charge in [-0.05, 0) is 49.4 Å². The summed E-state index contributed by atoms with van der Waals surface area (Å²) in [6, 6.07) is 4.79. The van der Waals surface area contributed by atoms with Crippen LogP contribution in [0.1, 0.15) is 56.1 Å². The minimum atomic E-state index is -4.10. The SMILES string of the molecule is Cc1ccc(S(=O)(=O)O)cc1CCCCCCCCCCl. The van der Waals surface area contributed by atoms with Crippen LogP contribution in [0.3, 0.4) is 0 Å². The molecule has 0 spiro atoms. The molecule has 0 bridgehead atoms. The zero-order chi connectivity index (χ0) is 15.7. The number of halogens is 1. The second-order valence-electron chi connectivity index (χ2n) is 5.48. The number of alkyl halides is 1. The van der Waals surface area contributed by atoms with Gasteiger partial charge in [-0.25, -0.2) is 0 Å². The van der Waals surface area contributed by atoms with E-state index in [1.165, 1.54) is 31.7 Å². The van der Waals surface area contributed by atoms with Crippen LogP contribution in [-0.4, -0.2) is 18.9 Å². The summed E-state index contributed by atoms with van der Waals surface area (Å²) in [4.78, 5) is -0.0100. The van der Waals surface area contributed by atoms with Crippen molar-refractivity contribution in [2.75, 3.05) is 5.88 Å².